The first-order valence-electron chi connectivity index (χ1n) is 8.09. The summed E-state index contributed by atoms with van der Waals surface area (Å²) in [6.45, 7) is 6.47. The van der Waals surface area contributed by atoms with Gasteiger partial charge in [0.2, 0.25) is 5.91 Å². The van der Waals surface area contributed by atoms with Gasteiger partial charge in [0.05, 0.1) is 19.1 Å². The molecule has 1 heterocycles. The van der Waals surface area contributed by atoms with Crippen molar-refractivity contribution < 1.29 is 14.6 Å². The fourth-order valence-corrected chi connectivity index (χ4v) is 2.80. The zero-order chi connectivity index (χ0) is 16.7. The van der Waals surface area contributed by atoms with Crippen LogP contribution < -0.4 is 0 Å². The highest BCUT2D eigenvalue weighted by atomic mass is 35.5. The lowest BCUT2D eigenvalue weighted by Gasteiger charge is -2.35. The number of aliphatic hydroxyl groups excluding tert-OH is 1. The van der Waals surface area contributed by atoms with Crippen molar-refractivity contribution in [2.75, 3.05) is 45.9 Å². The van der Waals surface area contributed by atoms with Crippen LogP contribution in [-0.4, -0.2) is 72.9 Å². The van der Waals surface area contributed by atoms with Gasteiger partial charge in [-0.1, -0.05) is 23.7 Å². The van der Waals surface area contributed by atoms with Crippen LogP contribution in [0.1, 0.15) is 12.5 Å². The van der Waals surface area contributed by atoms with Gasteiger partial charge in [0, 0.05) is 44.4 Å². The Morgan fingerprint density at radius 2 is 1.91 bits per heavy atom. The van der Waals surface area contributed by atoms with E-state index < -0.39 is 6.10 Å². The number of benzene rings is 1. The molecule has 0 saturated carbocycles. The maximum absolute atomic E-state index is 12.3. The van der Waals surface area contributed by atoms with Crippen LogP contribution >= 0.6 is 11.6 Å². The quantitative estimate of drug-likeness (QED) is 0.815. The molecule has 1 amide bonds. The highest BCUT2D eigenvalue weighted by Gasteiger charge is 2.22. The van der Waals surface area contributed by atoms with E-state index in [2.05, 4.69) is 4.90 Å². The van der Waals surface area contributed by atoms with Gasteiger partial charge in [-0.2, -0.15) is 0 Å². The number of amides is 1. The number of halogens is 1. The van der Waals surface area contributed by atoms with Gasteiger partial charge in [-0.25, -0.2) is 0 Å². The first kappa shape index (κ1) is 18.2. The van der Waals surface area contributed by atoms with E-state index in [1.807, 2.05) is 36.1 Å². The minimum atomic E-state index is -0.466. The van der Waals surface area contributed by atoms with Crippen LogP contribution in [-0.2, 0) is 16.0 Å². The van der Waals surface area contributed by atoms with Crippen molar-refractivity contribution in [3.8, 4) is 0 Å². The van der Waals surface area contributed by atoms with E-state index in [1.54, 1.807) is 0 Å². The van der Waals surface area contributed by atoms with E-state index in [-0.39, 0.29) is 5.91 Å². The molecular weight excluding hydrogens is 316 g/mol. The van der Waals surface area contributed by atoms with Crippen molar-refractivity contribution >= 4 is 17.5 Å². The molecule has 0 aliphatic carbocycles. The summed E-state index contributed by atoms with van der Waals surface area (Å²) in [5.41, 5.74) is 0.981. The molecule has 0 radical (unpaired) electrons. The molecule has 0 aromatic heterocycles. The van der Waals surface area contributed by atoms with Crippen LogP contribution in [0, 0.1) is 0 Å². The van der Waals surface area contributed by atoms with Crippen molar-refractivity contribution in [2.24, 2.45) is 0 Å². The number of carbonyl (C=O) groups is 1. The summed E-state index contributed by atoms with van der Waals surface area (Å²) in [6.07, 6.45) is -0.0595. The van der Waals surface area contributed by atoms with Gasteiger partial charge in [-0.05, 0) is 24.6 Å². The number of hydrogen-bond donors (Lipinski definition) is 1. The van der Waals surface area contributed by atoms with Crippen LogP contribution in [0.15, 0.2) is 24.3 Å². The molecule has 1 N–H and O–H groups in total. The van der Waals surface area contributed by atoms with Crippen molar-refractivity contribution in [1.29, 1.82) is 0 Å². The Hall–Kier alpha value is -1.14. The molecule has 2 rings (SSSR count). The monoisotopic (exact) mass is 340 g/mol. The van der Waals surface area contributed by atoms with Gasteiger partial charge in [0.25, 0.3) is 0 Å². The molecule has 23 heavy (non-hydrogen) atoms. The summed E-state index contributed by atoms with van der Waals surface area (Å²) in [5.74, 6) is 0.141. The molecule has 0 bridgehead atoms. The molecule has 1 aromatic rings. The van der Waals surface area contributed by atoms with Gasteiger partial charge >= 0.3 is 0 Å². The number of rotatable bonds is 7. The van der Waals surface area contributed by atoms with Crippen LogP contribution in [0.2, 0.25) is 5.02 Å². The number of piperazine rings is 1. The Bertz CT molecular complexity index is 487. The van der Waals surface area contributed by atoms with Crippen molar-refractivity contribution in [1.82, 2.24) is 9.80 Å². The van der Waals surface area contributed by atoms with Gasteiger partial charge in [0.15, 0.2) is 0 Å². The Kier molecular flexibility index (Phi) is 7.30. The number of ether oxygens (including phenoxy) is 1. The lowest BCUT2D eigenvalue weighted by atomic mass is 10.1. The van der Waals surface area contributed by atoms with E-state index in [9.17, 15) is 9.90 Å². The third-order valence-electron chi connectivity index (χ3n) is 3.98. The smallest absolute Gasteiger partial charge is 0.227 e. The minimum Gasteiger partial charge on any atom is -0.389 e. The predicted octanol–water partition coefficient (Wildman–Crippen LogP) is 1.42. The van der Waals surface area contributed by atoms with E-state index in [0.717, 1.165) is 18.7 Å². The normalized spacial score (nSPS) is 17.3. The zero-order valence-corrected chi connectivity index (χ0v) is 14.3. The van der Waals surface area contributed by atoms with E-state index >= 15 is 0 Å². The van der Waals surface area contributed by atoms with Gasteiger partial charge < -0.3 is 14.7 Å². The minimum absolute atomic E-state index is 0.141. The lowest BCUT2D eigenvalue weighted by molar-refractivity contribution is -0.132. The summed E-state index contributed by atoms with van der Waals surface area (Å²) >= 11 is 5.86. The van der Waals surface area contributed by atoms with E-state index in [1.165, 1.54) is 0 Å². The molecule has 6 heteroatoms. The number of nitrogens with zero attached hydrogens (tertiary/aromatic N) is 2. The van der Waals surface area contributed by atoms with Gasteiger partial charge in [-0.15, -0.1) is 0 Å². The number of carbonyl (C=O) groups excluding carboxylic acids is 1. The standard InChI is InChI=1S/C17H25ClN2O3/c1-2-23-13-16(21)12-19-7-9-20(10-8-19)17(22)11-14-3-5-15(18)6-4-14/h3-6,16,21H,2,7-13H2,1H3/t16-/m1/s1. The lowest BCUT2D eigenvalue weighted by Crippen LogP contribution is -2.51. The fourth-order valence-electron chi connectivity index (χ4n) is 2.67. The largest absolute Gasteiger partial charge is 0.389 e. The Labute approximate surface area is 142 Å². The number of hydrogen-bond acceptors (Lipinski definition) is 4. The molecule has 1 saturated heterocycles. The Balaban J connectivity index is 1.73. The van der Waals surface area contributed by atoms with Crippen LogP contribution in [0.3, 0.4) is 0 Å². The van der Waals surface area contributed by atoms with E-state index in [0.29, 0.717) is 44.3 Å². The molecule has 1 aliphatic heterocycles. The summed E-state index contributed by atoms with van der Waals surface area (Å²) in [5, 5.41) is 10.5. The third kappa shape index (κ3) is 6.11. The second-order valence-corrected chi connectivity index (χ2v) is 6.23. The molecule has 1 aromatic carbocycles. The second-order valence-electron chi connectivity index (χ2n) is 5.80. The average molecular weight is 341 g/mol. The van der Waals surface area contributed by atoms with Crippen molar-refractivity contribution in [2.45, 2.75) is 19.4 Å². The number of aliphatic hydroxyl groups is 1. The number of β-amino-alcohol motifs (C(OH)–C–C–N with tert-alkyl or cyclic N) is 1. The Morgan fingerprint density at radius 1 is 1.26 bits per heavy atom. The maximum Gasteiger partial charge on any atom is 0.227 e. The van der Waals surface area contributed by atoms with Crippen molar-refractivity contribution in [3.63, 3.8) is 0 Å². The second kappa shape index (κ2) is 9.23. The fraction of sp³-hybridized carbons (Fsp3) is 0.588. The summed E-state index contributed by atoms with van der Waals surface area (Å²) in [6, 6.07) is 7.39. The summed E-state index contributed by atoms with van der Waals surface area (Å²) in [4.78, 5) is 16.4. The molecule has 5 nitrogen and oxygen atoms in total. The molecule has 1 atom stereocenters. The predicted molar refractivity (Wildman–Crippen MR) is 90.7 cm³/mol. The molecule has 1 fully saturated rings. The highest BCUT2D eigenvalue weighted by Crippen LogP contribution is 2.12. The van der Waals surface area contributed by atoms with Gasteiger partial charge in [0.1, 0.15) is 0 Å². The topological polar surface area (TPSA) is 53.0 Å². The SMILES string of the molecule is CCOC[C@H](O)CN1CCN(C(=O)Cc2ccc(Cl)cc2)CC1. The molecule has 0 unspecified atom stereocenters. The summed E-state index contributed by atoms with van der Waals surface area (Å²) < 4.78 is 5.22. The third-order valence-corrected chi connectivity index (χ3v) is 4.23. The van der Waals surface area contributed by atoms with Gasteiger partial charge in [-0.3, -0.25) is 9.69 Å². The molecule has 1 aliphatic rings. The summed E-state index contributed by atoms with van der Waals surface area (Å²) in [7, 11) is 0. The van der Waals surface area contributed by atoms with Crippen LogP contribution in [0.5, 0.6) is 0 Å². The first-order valence-corrected chi connectivity index (χ1v) is 8.46. The van der Waals surface area contributed by atoms with E-state index in [4.69, 9.17) is 16.3 Å². The molecule has 0 spiro atoms. The zero-order valence-electron chi connectivity index (χ0n) is 13.6. The average Bonchev–Trinajstić information content (AvgIpc) is 2.55. The van der Waals surface area contributed by atoms with Crippen molar-refractivity contribution in [3.05, 3.63) is 34.9 Å². The van der Waals surface area contributed by atoms with Crippen LogP contribution in [0.4, 0.5) is 0 Å². The highest BCUT2D eigenvalue weighted by molar-refractivity contribution is 6.30. The first-order chi connectivity index (χ1) is 11.1. The van der Waals surface area contributed by atoms with Crippen LogP contribution in [0.25, 0.3) is 0 Å². The Morgan fingerprint density at radius 3 is 2.52 bits per heavy atom. The maximum atomic E-state index is 12.3. The molecular formula is C17H25ClN2O3. The molecule has 128 valence electrons.